The van der Waals surface area contributed by atoms with Crippen LogP contribution in [0.2, 0.25) is 0 Å². The summed E-state index contributed by atoms with van der Waals surface area (Å²) in [7, 11) is 0. The predicted molar refractivity (Wildman–Crippen MR) is 131 cm³/mol. The molecule has 2 rings (SSSR count). The number of carbonyl (C=O) groups excluding carboxylic acids is 5. The number of hydrogen-bond acceptors (Lipinski definition) is 7. The van der Waals surface area contributed by atoms with Crippen molar-refractivity contribution in [3.8, 4) is 0 Å². The molecule has 15 heteroatoms. The van der Waals surface area contributed by atoms with E-state index in [9.17, 15) is 33.9 Å². The van der Waals surface area contributed by atoms with Gasteiger partial charge in [0.15, 0.2) is 5.96 Å². The molecule has 0 aromatic heterocycles. The van der Waals surface area contributed by atoms with E-state index in [0.717, 1.165) is 0 Å². The van der Waals surface area contributed by atoms with Crippen LogP contribution in [0.15, 0.2) is 17.1 Å². The number of aliphatic carboxylic acids is 1. The number of carboxylic acid groups (broad SMARTS) is 1. The molecule has 2 aliphatic rings. The van der Waals surface area contributed by atoms with Crippen molar-refractivity contribution >= 4 is 41.5 Å². The molecule has 0 aromatic rings. The van der Waals surface area contributed by atoms with Crippen LogP contribution in [0.1, 0.15) is 45.4 Å². The molecule has 2 bridgehead atoms. The van der Waals surface area contributed by atoms with Crippen LogP contribution in [-0.2, 0) is 28.8 Å². The normalized spacial score (nSPS) is 28.4. The second-order valence-corrected chi connectivity index (χ2v) is 9.04. The summed E-state index contributed by atoms with van der Waals surface area (Å²) in [5, 5.41) is 21.6. The zero-order valence-electron chi connectivity index (χ0n) is 20.5. The summed E-state index contributed by atoms with van der Waals surface area (Å²) in [6.07, 6.45) is 3.81. The summed E-state index contributed by atoms with van der Waals surface area (Å²) in [4.78, 5) is 79.7. The van der Waals surface area contributed by atoms with Gasteiger partial charge >= 0.3 is 5.97 Å². The van der Waals surface area contributed by atoms with Gasteiger partial charge in [-0.2, -0.15) is 0 Å². The van der Waals surface area contributed by atoms with E-state index in [4.69, 9.17) is 11.5 Å². The number of hydrogen-bond donors (Lipinski definition) is 8. The van der Waals surface area contributed by atoms with Crippen molar-refractivity contribution in [3.05, 3.63) is 12.2 Å². The average Bonchev–Trinajstić information content (AvgIpc) is 2.87. The Morgan fingerprint density at radius 3 is 2.46 bits per heavy atom. The van der Waals surface area contributed by atoms with Crippen LogP contribution >= 0.6 is 0 Å². The third-order valence-corrected chi connectivity index (χ3v) is 5.90. The molecule has 0 spiro atoms. The van der Waals surface area contributed by atoms with Crippen molar-refractivity contribution in [2.24, 2.45) is 16.5 Å². The van der Waals surface area contributed by atoms with Crippen LogP contribution in [0.25, 0.3) is 0 Å². The highest BCUT2D eigenvalue weighted by atomic mass is 16.4. The highest BCUT2D eigenvalue weighted by Crippen LogP contribution is 2.17. The second-order valence-electron chi connectivity index (χ2n) is 9.04. The van der Waals surface area contributed by atoms with Crippen molar-refractivity contribution in [1.82, 2.24) is 26.6 Å². The molecular formula is C22H34N8O7. The van der Waals surface area contributed by atoms with Crippen molar-refractivity contribution < 1.29 is 33.9 Å². The summed E-state index contributed by atoms with van der Waals surface area (Å²) in [6.45, 7) is 1.06. The lowest BCUT2D eigenvalue weighted by molar-refractivity contribution is -0.142. The number of fused-ring (bicyclic) bond motifs is 3. The van der Waals surface area contributed by atoms with E-state index in [2.05, 4.69) is 31.6 Å². The Morgan fingerprint density at radius 1 is 1.05 bits per heavy atom. The van der Waals surface area contributed by atoms with E-state index >= 15 is 0 Å². The first kappa shape index (κ1) is 29.1. The number of carboxylic acids is 1. The van der Waals surface area contributed by atoms with Crippen LogP contribution < -0.4 is 38.1 Å². The maximum atomic E-state index is 13.2. The van der Waals surface area contributed by atoms with E-state index in [1.54, 1.807) is 12.2 Å². The zero-order chi connectivity index (χ0) is 27.6. The third-order valence-electron chi connectivity index (χ3n) is 5.90. The van der Waals surface area contributed by atoms with Gasteiger partial charge < -0.3 is 43.2 Å². The minimum atomic E-state index is -1.51. The quantitative estimate of drug-likeness (QED) is 0.0752. The van der Waals surface area contributed by atoms with E-state index in [-0.39, 0.29) is 31.8 Å². The number of nitrogens with zero attached hydrogens (tertiary/aromatic N) is 1. The highest BCUT2D eigenvalue weighted by molar-refractivity contribution is 5.99. The Bertz CT molecular complexity index is 978. The monoisotopic (exact) mass is 522 g/mol. The van der Waals surface area contributed by atoms with Gasteiger partial charge in [-0.3, -0.25) is 33.8 Å². The van der Waals surface area contributed by atoms with E-state index in [1.807, 2.05) is 0 Å². The van der Waals surface area contributed by atoms with Crippen LogP contribution in [0.4, 0.5) is 0 Å². The average molecular weight is 523 g/mol. The molecule has 1 saturated heterocycles. The second kappa shape index (κ2) is 13.2. The number of nitrogens with two attached hydrogens (primary N) is 2. The van der Waals surface area contributed by atoms with Gasteiger partial charge in [0.25, 0.3) is 0 Å². The molecule has 1 fully saturated rings. The summed E-state index contributed by atoms with van der Waals surface area (Å²) in [6, 6.07) is -3.66. The number of guanidine groups is 1. The molecular weight excluding hydrogens is 488 g/mol. The summed E-state index contributed by atoms with van der Waals surface area (Å²) < 4.78 is 0. The summed E-state index contributed by atoms with van der Waals surface area (Å²) >= 11 is 0. The van der Waals surface area contributed by atoms with Gasteiger partial charge in [0.1, 0.15) is 23.7 Å². The van der Waals surface area contributed by atoms with Gasteiger partial charge in [-0.05, 0) is 39.0 Å². The Balaban J connectivity index is 2.39. The Morgan fingerprint density at radius 2 is 1.78 bits per heavy atom. The largest absolute Gasteiger partial charge is 0.481 e. The number of nitrogens with one attached hydrogen (secondary N) is 5. The van der Waals surface area contributed by atoms with Crippen LogP contribution in [0.5, 0.6) is 0 Å². The zero-order valence-corrected chi connectivity index (χ0v) is 20.5. The first-order chi connectivity index (χ1) is 17.4. The van der Waals surface area contributed by atoms with Gasteiger partial charge in [-0.1, -0.05) is 12.2 Å². The minimum absolute atomic E-state index is 0.117. The van der Waals surface area contributed by atoms with Crippen LogP contribution in [0.3, 0.4) is 0 Å². The fraction of sp³-hybridized carbons (Fsp3) is 0.591. The molecule has 2 unspecified atom stereocenters. The van der Waals surface area contributed by atoms with Crippen molar-refractivity contribution in [3.63, 3.8) is 0 Å². The van der Waals surface area contributed by atoms with Gasteiger partial charge in [-0.15, -0.1) is 0 Å². The Labute approximate surface area is 213 Å². The van der Waals surface area contributed by atoms with E-state index in [1.165, 1.54) is 6.92 Å². The molecule has 0 radical (unpaired) electrons. The van der Waals surface area contributed by atoms with Crippen LogP contribution in [-0.4, -0.2) is 83.3 Å². The summed E-state index contributed by atoms with van der Waals surface area (Å²) in [5.74, 6) is -5.22. The lowest BCUT2D eigenvalue weighted by Gasteiger charge is -2.32. The van der Waals surface area contributed by atoms with Gasteiger partial charge in [0, 0.05) is 6.54 Å². The maximum absolute atomic E-state index is 13.2. The van der Waals surface area contributed by atoms with Gasteiger partial charge in [0.2, 0.25) is 29.5 Å². The molecule has 2 aliphatic heterocycles. The minimum Gasteiger partial charge on any atom is -0.481 e. The number of aliphatic imine (C=N–C) groups is 1. The molecule has 2 heterocycles. The molecule has 5 amide bonds. The molecule has 37 heavy (non-hydrogen) atoms. The first-order valence-corrected chi connectivity index (χ1v) is 11.8. The highest BCUT2D eigenvalue weighted by Gasteiger charge is 2.39. The molecule has 4 atom stereocenters. The Hall–Kier alpha value is -4.17. The summed E-state index contributed by atoms with van der Waals surface area (Å²) in [5.41, 5.74) is 9.11. The van der Waals surface area contributed by atoms with Crippen LogP contribution in [0, 0.1) is 0 Å². The molecule has 15 nitrogen and oxygen atoms in total. The van der Waals surface area contributed by atoms with Gasteiger partial charge in [0.05, 0.1) is 13.0 Å². The van der Waals surface area contributed by atoms with Crippen molar-refractivity contribution in [1.29, 1.82) is 0 Å². The lowest BCUT2D eigenvalue weighted by atomic mass is 9.93. The SMILES string of the molecule is CC12CC/C=C\CC(NC1=O)C(=O)N[C@H](CCCN=C(N)N)C(=O)NCC(=O)N[C@@H](CC(=O)O)C(=O)N2. The van der Waals surface area contributed by atoms with Gasteiger partial charge in [-0.25, -0.2) is 0 Å². The third kappa shape index (κ3) is 9.09. The smallest absolute Gasteiger partial charge is 0.305 e. The Kier molecular flexibility index (Phi) is 10.4. The number of allylic oxidation sites excluding steroid dienone is 1. The lowest BCUT2D eigenvalue weighted by Crippen LogP contribution is -2.63. The fourth-order valence-corrected chi connectivity index (χ4v) is 3.83. The molecule has 0 aromatic carbocycles. The number of carbonyl (C=O) groups is 6. The topological polar surface area (TPSA) is 247 Å². The molecule has 204 valence electrons. The first-order valence-electron chi connectivity index (χ1n) is 11.8. The van der Waals surface area contributed by atoms with Crippen molar-refractivity contribution in [2.45, 2.75) is 69.1 Å². The molecule has 0 saturated carbocycles. The van der Waals surface area contributed by atoms with E-state index < -0.39 is 72.1 Å². The fourth-order valence-electron chi connectivity index (χ4n) is 3.83. The molecule has 0 aliphatic carbocycles. The number of amides is 5. The maximum Gasteiger partial charge on any atom is 0.305 e. The van der Waals surface area contributed by atoms with E-state index in [0.29, 0.717) is 12.8 Å². The molecule has 10 N–H and O–H groups in total. The standard InChI is InChI=1S/C22H34N8O7/c1-22-8-4-2-3-6-13(29-20(22)37)18(35)28-12(7-5-9-25-21(23)24)17(34)26-11-15(31)27-14(10-16(32)33)19(36)30-22/h2-3,12-14H,4-11H2,1H3,(H,26,34)(H,27,31)(H,28,35)(H,29,37)(H,30,36)(H,32,33)(H4,23,24,25)/b3-2-/t12-,13?,14+,22?/m1/s1. The predicted octanol–water partition coefficient (Wildman–Crippen LogP) is -3.29. The van der Waals surface area contributed by atoms with Crippen molar-refractivity contribution in [2.75, 3.05) is 13.1 Å². The number of rotatable bonds is 6.